The molecule has 7 nitrogen and oxygen atoms in total. The van der Waals surface area contributed by atoms with Crippen LogP contribution >= 0.6 is 12.2 Å². The highest BCUT2D eigenvalue weighted by molar-refractivity contribution is 7.71. The number of amides is 1. The van der Waals surface area contributed by atoms with Crippen LogP contribution in [0.2, 0.25) is 0 Å². The molecule has 154 valence electrons. The molecular weight excluding hydrogens is 400 g/mol. The number of aromatic hydroxyl groups is 1. The smallest absolute Gasteiger partial charge is 0.271 e. The van der Waals surface area contributed by atoms with Crippen molar-refractivity contribution in [2.75, 3.05) is 0 Å². The first-order chi connectivity index (χ1) is 14.5. The molecule has 1 aromatic heterocycles. The summed E-state index contributed by atoms with van der Waals surface area (Å²) in [4.78, 5) is 25.0. The lowest BCUT2D eigenvalue weighted by Gasteiger charge is -2.16. The third kappa shape index (κ3) is 4.55. The molecule has 3 aromatic rings. The number of nitrogens with zero attached hydrogens (tertiary/aromatic N) is 3. The van der Waals surface area contributed by atoms with E-state index in [1.165, 1.54) is 9.13 Å². The van der Waals surface area contributed by atoms with E-state index in [-0.39, 0.29) is 22.1 Å². The fourth-order valence-electron chi connectivity index (χ4n) is 2.90. The molecule has 3 rings (SSSR count). The SMILES string of the molecule is CCCCC(=O)N/N=C/c1c(O)n(-c2ccccc2)c(=S)n(-c2ccccc2)c1=O. The van der Waals surface area contributed by atoms with Crippen molar-refractivity contribution in [3.8, 4) is 17.3 Å². The molecule has 1 amide bonds. The molecule has 2 aromatic carbocycles. The Kier molecular flexibility index (Phi) is 6.92. The Morgan fingerprint density at radius 2 is 1.63 bits per heavy atom. The first-order valence-corrected chi connectivity index (χ1v) is 9.99. The summed E-state index contributed by atoms with van der Waals surface area (Å²) in [6.45, 7) is 1.99. The van der Waals surface area contributed by atoms with E-state index in [1.54, 1.807) is 48.5 Å². The highest BCUT2D eigenvalue weighted by atomic mass is 32.1. The molecule has 0 radical (unpaired) electrons. The first-order valence-electron chi connectivity index (χ1n) is 9.58. The van der Waals surface area contributed by atoms with Crippen LogP contribution in [-0.2, 0) is 4.79 Å². The zero-order chi connectivity index (χ0) is 21.5. The van der Waals surface area contributed by atoms with E-state index in [9.17, 15) is 14.7 Å². The zero-order valence-corrected chi connectivity index (χ0v) is 17.3. The van der Waals surface area contributed by atoms with Gasteiger partial charge in [0.25, 0.3) is 5.56 Å². The summed E-state index contributed by atoms with van der Waals surface area (Å²) >= 11 is 5.54. The Labute approximate surface area is 178 Å². The maximum Gasteiger partial charge on any atom is 0.271 e. The van der Waals surface area contributed by atoms with Gasteiger partial charge in [-0.1, -0.05) is 49.7 Å². The number of para-hydroxylation sites is 2. The number of rotatable bonds is 7. The van der Waals surface area contributed by atoms with Gasteiger partial charge in [0.1, 0.15) is 5.56 Å². The number of benzene rings is 2. The predicted octanol–water partition coefficient (Wildman–Crippen LogP) is 3.70. The van der Waals surface area contributed by atoms with Gasteiger partial charge in [-0.2, -0.15) is 5.10 Å². The summed E-state index contributed by atoms with van der Waals surface area (Å²) in [5.41, 5.74) is 2.90. The van der Waals surface area contributed by atoms with Gasteiger partial charge in [0.15, 0.2) is 4.77 Å². The first kappa shape index (κ1) is 21.2. The number of carbonyl (C=O) groups is 1. The standard InChI is InChI=1S/C22H22N4O3S/c1-2-3-14-19(27)24-23-15-18-20(28)25(16-10-6-4-7-11-16)22(30)26(21(18)29)17-12-8-5-9-13-17/h4-13,15,28H,2-3,14H2,1H3,(H,24,27)/b23-15+. The van der Waals surface area contributed by atoms with Gasteiger partial charge in [0.05, 0.1) is 17.6 Å². The summed E-state index contributed by atoms with van der Waals surface area (Å²) < 4.78 is 2.82. The van der Waals surface area contributed by atoms with Crippen molar-refractivity contribution >= 4 is 24.3 Å². The van der Waals surface area contributed by atoms with Crippen LogP contribution in [0.4, 0.5) is 0 Å². The van der Waals surface area contributed by atoms with Crippen LogP contribution in [0, 0.1) is 4.77 Å². The lowest BCUT2D eigenvalue weighted by atomic mass is 10.2. The van der Waals surface area contributed by atoms with Gasteiger partial charge >= 0.3 is 0 Å². The molecule has 30 heavy (non-hydrogen) atoms. The van der Waals surface area contributed by atoms with Crippen LogP contribution in [0.15, 0.2) is 70.6 Å². The normalized spacial score (nSPS) is 11.0. The van der Waals surface area contributed by atoms with E-state index in [2.05, 4.69) is 10.5 Å². The zero-order valence-electron chi connectivity index (χ0n) is 16.5. The quantitative estimate of drug-likeness (QED) is 0.345. The minimum atomic E-state index is -0.539. The van der Waals surface area contributed by atoms with E-state index in [4.69, 9.17) is 12.2 Å². The summed E-state index contributed by atoms with van der Waals surface area (Å²) in [5.74, 6) is -0.610. The highest BCUT2D eigenvalue weighted by Crippen LogP contribution is 2.21. The average Bonchev–Trinajstić information content (AvgIpc) is 2.76. The number of aromatic nitrogens is 2. The second kappa shape index (κ2) is 9.80. The predicted molar refractivity (Wildman–Crippen MR) is 119 cm³/mol. The third-order valence-electron chi connectivity index (χ3n) is 4.44. The molecule has 0 fully saturated rings. The van der Waals surface area contributed by atoms with Crippen molar-refractivity contribution in [3.63, 3.8) is 0 Å². The van der Waals surface area contributed by atoms with Gasteiger partial charge in [-0.05, 0) is 42.9 Å². The fraction of sp³-hybridized carbons (Fsp3) is 0.182. The Bertz CT molecular complexity index is 1170. The lowest BCUT2D eigenvalue weighted by molar-refractivity contribution is -0.121. The minimum Gasteiger partial charge on any atom is -0.494 e. The number of hydrogen-bond acceptors (Lipinski definition) is 5. The van der Waals surface area contributed by atoms with E-state index >= 15 is 0 Å². The molecule has 0 aliphatic rings. The minimum absolute atomic E-state index is 0.0907. The maximum atomic E-state index is 13.2. The van der Waals surface area contributed by atoms with Gasteiger partial charge in [-0.3, -0.25) is 18.7 Å². The average molecular weight is 423 g/mol. The van der Waals surface area contributed by atoms with Crippen LogP contribution in [0.25, 0.3) is 11.4 Å². The van der Waals surface area contributed by atoms with Crippen molar-refractivity contribution in [1.82, 2.24) is 14.6 Å². The highest BCUT2D eigenvalue weighted by Gasteiger charge is 2.18. The van der Waals surface area contributed by atoms with Crippen molar-refractivity contribution < 1.29 is 9.90 Å². The van der Waals surface area contributed by atoms with Crippen molar-refractivity contribution in [3.05, 3.63) is 81.4 Å². The molecule has 0 spiro atoms. The fourth-order valence-corrected chi connectivity index (χ4v) is 3.28. The molecule has 0 saturated heterocycles. The van der Waals surface area contributed by atoms with Gasteiger partial charge in [-0.15, -0.1) is 0 Å². The Morgan fingerprint density at radius 1 is 1.07 bits per heavy atom. The van der Waals surface area contributed by atoms with Crippen molar-refractivity contribution in [2.24, 2.45) is 5.10 Å². The van der Waals surface area contributed by atoms with E-state index in [1.807, 2.05) is 19.1 Å². The van der Waals surface area contributed by atoms with Gasteiger partial charge in [0.2, 0.25) is 11.8 Å². The van der Waals surface area contributed by atoms with Crippen LogP contribution in [0.3, 0.4) is 0 Å². The number of hydrazone groups is 1. The van der Waals surface area contributed by atoms with Crippen molar-refractivity contribution in [2.45, 2.75) is 26.2 Å². The summed E-state index contributed by atoms with van der Waals surface area (Å²) in [6, 6.07) is 17.9. The van der Waals surface area contributed by atoms with Gasteiger partial charge in [0, 0.05) is 6.42 Å². The molecule has 2 N–H and O–H groups in total. The Balaban J connectivity index is 2.16. The number of carbonyl (C=O) groups excluding carboxylic acids is 1. The monoisotopic (exact) mass is 422 g/mol. The molecule has 0 unspecified atom stereocenters. The second-order valence-electron chi connectivity index (χ2n) is 6.56. The van der Waals surface area contributed by atoms with Gasteiger partial charge < -0.3 is 5.11 Å². The van der Waals surface area contributed by atoms with E-state index in [0.717, 1.165) is 19.1 Å². The molecule has 1 heterocycles. The molecule has 8 heteroatoms. The summed E-state index contributed by atoms with van der Waals surface area (Å²) in [5, 5.41) is 14.7. The van der Waals surface area contributed by atoms with E-state index in [0.29, 0.717) is 17.8 Å². The van der Waals surface area contributed by atoms with Crippen LogP contribution < -0.4 is 11.0 Å². The molecule has 0 atom stereocenters. The maximum absolute atomic E-state index is 13.2. The largest absolute Gasteiger partial charge is 0.494 e. The molecule has 0 aliphatic carbocycles. The second-order valence-corrected chi connectivity index (χ2v) is 6.93. The van der Waals surface area contributed by atoms with Crippen LogP contribution in [0.5, 0.6) is 5.88 Å². The Morgan fingerprint density at radius 3 is 2.20 bits per heavy atom. The topological polar surface area (TPSA) is 88.6 Å². The van der Waals surface area contributed by atoms with Gasteiger partial charge in [-0.25, -0.2) is 5.43 Å². The van der Waals surface area contributed by atoms with E-state index < -0.39 is 5.56 Å². The molecule has 0 bridgehead atoms. The number of unbranched alkanes of at least 4 members (excludes halogenated alkanes) is 1. The Hall–Kier alpha value is -3.52. The lowest BCUT2D eigenvalue weighted by Crippen LogP contribution is -2.27. The molecule has 0 aliphatic heterocycles. The van der Waals surface area contributed by atoms with Crippen molar-refractivity contribution in [1.29, 1.82) is 0 Å². The molecule has 0 saturated carbocycles. The third-order valence-corrected chi connectivity index (χ3v) is 4.80. The summed E-state index contributed by atoms with van der Waals surface area (Å²) in [7, 11) is 0. The van der Waals surface area contributed by atoms with Crippen LogP contribution in [0.1, 0.15) is 31.7 Å². The molecular formula is C22H22N4O3S. The summed E-state index contributed by atoms with van der Waals surface area (Å²) in [6.07, 6.45) is 3.11. The number of hydrogen-bond donors (Lipinski definition) is 2. The van der Waals surface area contributed by atoms with Crippen LogP contribution in [-0.4, -0.2) is 26.4 Å². The number of nitrogens with one attached hydrogen (secondary N) is 1.